The molecular formula is C29H33BrClN3O5S. The van der Waals surface area contributed by atoms with Gasteiger partial charge in [0.1, 0.15) is 18.3 Å². The molecule has 0 saturated heterocycles. The second kappa shape index (κ2) is 13.5. The van der Waals surface area contributed by atoms with Crippen LogP contribution < -0.4 is 14.4 Å². The van der Waals surface area contributed by atoms with Crippen LogP contribution in [0.1, 0.15) is 31.9 Å². The van der Waals surface area contributed by atoms with Crippen LogP contribution in [0, 0.1) is 6.92 Å². The molecule has 0 aliphatic rings. The topological polar surface area (TPSA) is 96.0 Å². The molecule has 3 aromatic carbocycles. The van der Waals surface area contributed by atoms with Gasteiger partial charge in [-0.15, -0.1) is 0 Å². The van der Waals surface area contributed by atoms with Gasteiger partial charge in [0, 0.05) is 22.1 Å². The first-order chi connectivity index (χ1) is 18.8. The minimum absolute atomic E-state index is 0.00271. The number of hydrogen-bond donors (Lipinski definition) is 1. The number of amides is 2. The summed E-state index contributed by atoms with van der Waals surface area (Å²) < 4.78 is 35.2. The van der Waals surface area contributed by atoms with Crippen molar-refractivity contribution in [2.45, 2.75) is 51.2 Å². The third-order valence-electron chi connectivity index (χ3n) is 6.14. The van der Waals surface area contributed by atoms with Gasteiger partial charge < -0.3 is 15.0 Å². The summed E-state index contributed by atoms with van der Waals surface area (Å²) in [6.07, 6.45) is 0. The Bertz CT molecular complexity index is 1460. The second-order valence-corrected chi connectivity index (χ2v) is 12.8. The van der Waals surface area contributed by atoms with E-state index in [0.717, 1.165) is 19.9 Å². The number of halogens is 2. The number of rotatable bonds is 11. The Balaban J connectivity index is 2.11. The maximum atomic E-state index is 14.0. The van der Waals surface area contributed by atoms with Gasteiger partial charge in [0.25, 0.3) is 10.0 Å². The molecule has 8 nitrogen and oxygen atoms in total. The van der Waals surface area contributed by atoms with Gasteiger partial charge >= 0.3 is 0 Å². The molecule has 0 aromatic heterocycles. The van der Waals surface area contributed by atoms with Crippen molar-refractivity contribution in [3.05, 3.63) is 87.4 Å². The van der Waals surface area contributed by atoms with Crippen LogP contribution in [0.15, 0.2) is 76.1 Å². The summed E-state index contributed by atoms with van der Waals surface area (Å²) in [6.45, 7) is 6.60. The van der Waals surface area contributed by atoms with Gasteiger partial charge in [-0.3, -0.25) is 13.9 Å². The number of benzene rings is 3. The molecule has 0 fully saturated rings. The summed E-state index contributed by atoms with van der Waals surface area (Å²) in [5, 5.41) is 3.10. The lowest BCUT2D eigenvalue weighted by Crippen LogP contribution is -2.52. The van der Waals surface area contributed by atoms with Crippen molar-refractivity contribution < 1.29 is 22.7 Å². The molecule has 214 valence electrons. The normalized spacial score (nSPS) is 12.1. The summed E-state index contributed by atoms with van der Waals surface area (Å²) in [4.78, 5) is 28.4. The van der Waals surface area contributed by atoms with Crippen molar-refractivity contribution in [3.63, 3.8) is 0 Å². The Morgan fingerprint density at radius 3 is 2.30 bits per heavy atom. The van der Waals surface area contributed by atoms with E-state index in [1.54, 1.807) is 25.1 Å². The Morgan fingerprint density at radius 1 is 1.02 bits per heavy atom. The van der Waals surface area contributed by atoms with Gasteiger partial charge in [0.05, 0.1) is 17.7 Å². The minimum atomic E-state index is -4.25. The molecule has 0 radical (unpaired) electrons. The van der Waals surface area contributed by atoms with Crippen LogP contribution in [-0.2, 0) is 26.2 Å². The average molecular weight is 651 g/mol. The first-order valence-corrected chi connectivity index (χ1v) is 15.2. The molecule has 1 atom stereocenters. The van der Waals surface area contributed by atoms with Gasteiger partial charge in [-0.05, 0) is 75.7 Å². The lowest BCUT2D eigenvalue weighted by atomic mass is 10.1. The molecule has 40 heavy (non-hydrogen) atoms. The maximum absolute atomic E-state index is 14.0. The minimum Gasteiger partial charge on any atom is -0.495 e. The number of carbonyl (C=O) groups is 2. The van der Waals surface area contributed by atoms with Crippen LogP contribution in [0.3, 0.4) is 0 Å². The van der Waals surface area contributed by atoms with Gasteiger partial charge in [0.2, 0.25) is 11.8 Å². The highest BCUT2D eigenvalue weighted by molar-refractivity contribution is 9.10. The molecule has 0 bridgehead atoms. The number of nitrogens with zero attached hydrogens (tertiary/aromatic N) is 2. The third-order valence-corrected chi connectivity index (χ3v) is 8.64. The molecule has 3 aromatic rings. The molecular weight excluding hydrogens is 618 g/mol. The van der Waals surface area contributed by atoms with Crippen LogP contribution in [0.5, 0.6) is 5.75 Å². The van der Waals surface area contributed by atoms with E-state index in [1.807, 2.05) is 45.0 Å². The Kier molecular flexibility index (Phi) is 10.6. The predicted octanol–water partition coefficient (Wildman–Crippen LogP) is 5.56. The van der Waals surface area contributed by atoms with Crippen LogP contribution in [-0.4, -0.2) is 50.9 Å². The predicted molar refractivity (Wildman–Crippen MR) is 161 cm³/mol. The summed E-state index contributed by atoms with van der Waals surface area (Å²) in [5.74, 6) is -0.715. The first-order valence-electron chi connectivity index (χ1n) is 12.6. The average Bonchev–Trinajstić information content (AvgIpc) is 2.89. The van der Waals surface area contributed by atoms with Crippen molar-refractivity contribution in [1.82, 2.24) is 10.2 Å². The molecule has 0 saturated carbocycles. The molecule has 3 rings (SSSR count). The highest BCUT2D eigenvalue weighted by Gasteiger charge is 2.34. The fourth-order valence-corrected chi connectivity index (χ4v) is 6.06. The Labute approximate surface area is 249 Å². The fraction of sp³-hybridized carbons (Fsp3) is 0.310. The quantitative estimate of drug-likeness (QED) is 0.293. The second-order valence-electron chi connectivity index (χ2n) is 9.63. The SMILES string of the molecule is COc1ccc(Cl)cc1N(CC(=O)N(Cc1cccc(Br)c1)[C@@H](C)C(=O)NC(C)C)S(=O)(=O)c1ccc(C)cc1. The van der Waals surface area contributed by atoms with E-state index in [-0.39, 0.29) is 39.8 Å². The Hall–Kier alpha value is -3.08. The zero-order valence-corrected chi connectivity index (χ0v) is 26.2. The summed E-state index contributed by atoms with van der Waals surface area (Å²) in [6, 6.07) is 17.2. The Morgan fingerprint density at radius 2 is 1.70 bits per heavy atom. The lowest BCUT2D eigenvalue weighted by molar-refractivity contribution is -0.139. The zero-order valence-electron chi connectivity index (χ0n) is 23.0. The number of hydrogen-bond acceptors (Lipinski definition) is 5. The van der Waals surface area contributed by atoms with E-state index < -0.39 is 28.5 Å². The van der Waals surface area contributed by atoms with E-state index in [0.29, 0.717) is 0 Å². The molecule has 2 amide bonds. The van der Waals surface area contributed by atoms with Crippen LogP contribution in [0.2, 0.25) is 5.02 Å². The number of anilines is 1. The standard InChI is InChI=1S/C29H33BrClN3O5S/c1-19(2)32-29(36)21(4)33(17-22-7-6-8-23(30)15-22)28(35)18-34(26-16-24(31)11-14-27(26)39-5)40(37,38)25-12-9-20(3)10-13-25/h6-16,19,21H,17-18H2,1-5H3,(H,32,36)/t21-/m0/s1. The fourth-order valence-electron chi connectivity index (χ4n) is 4.03. The maximum Gasteiger partial charge on any atom is 0.264 e. The number of sulfonamides is 1. The highest BCUT2D eigenvalue weighted by atomic mass is 79.9. The van der Waals surface area contributed by atoms with Gasteiger partial charge in [-0.1, -0.05) is 57.4 Å². The summed E-state index contributed by atoms with van der Waals surface area (Å²) in [7, 11) is -2.85. The van der Waals surface area contributed by atoms with E-state index in [9.17, 15) is 18.0 Å². The molecule has 0 unspecified atom stereocenters. The smallest absolute Gasteiger partial charge is 0.264 e. The van der Waals surface area contributed by atoms with Crippen molar-refractivity contribution in [2.75, 3.05) is 18.0 Å². The zero-order chi connectivity index (χ0) is 29.6. The molecule has 0 aliphatic heterocycles. The summed E-state index contributed by atoms with van der Waals surface area (Å²) in [5.41, 5.74) is 1.75. The first kappa shape index (κ1) is 31.4. The third kappa shape index (κ3) is 7.77. The van der Waals surface area contributed by atoms with E-state index in [2.05, 4.69) is 21.2 Å². The van der Waals surface area contributed by atoms with Crippen LogP contribution in [0.25, 0.3) is 0 Å². The lowest BCUT2D eigenvalue weighted by Gasteiger charge is -2.32. The molecule has 0 heterocycles. The van der Waals surface area contributed by atoms with Crippen molar-refractivity contribution >= 4 is 55.1 Å². The van der Waals surface area contributed by atoms with E-state index in [1.165, 1.54) is 36.3 Å². The molecule has 1 N–H and O–H groups in total. The van der Waals surface area contributed by atoms with Gasteiger partial charge in [-0.25, -0.2) is 8.42 Å². The number of nitrogens with one attached hydrogen (secondary N) is 1. The van der Waals surface area contributed by atoms with Crippen molar-refractivity contribution in [1.29, 1.82) is 0 Å². The van der Waals surface area contributed by atoms with Gasteiger partial charge in [0.15, 0.2) is 0 Å². The molecule has 0 spiro atoms. The van der Waals surface area contributed by atoms with Crippen molar-refractivity contribution in [2.24, 2.45) is 0 Å². The number of aryl methyl sites for hydroxylation is 1. The van der Waals surface area contributed by atoms with E-state index in [4.69, 9.17) is 16.3 Å². The molecule has 0 aliphatic carbocycles. The largest absolute Gasteiger partial charge is 0.495 e. The van der Waals surface area contributed by atoms with Gasteiger partial charge in [-0.2, -0.15) is 0 Å². The van der Waals surface area contributed by atoms with E-state index >= 15 is 0 Å². The number of methoxy groups -OCH3 is 1. The van der Waals surface area contributed by atoms with Crippen molar-refractivity contribution in [3.8, 4) is 5.75 Å². The number of ether oxygens (including phenoxy) is 1. The highest BCUT2D eigenvalue weighted by Crippen LogP contribution is 2.35. The van der Waals surface area contributed by atoms with Crippen LogP contribution in [0.4, 0.5) is 5.69 Å². The van der Waals surface area contributed by atoms with Crippen LogP contribution >= 0.6 is 27.5 Å². The summed E-state index contributed by atoms with van der Waals surface area (Å²) >= 11 is 9.71. The monoisotopic (exact) mass is 649 g/mol. The molecule has 11 heteroatoms. The number of carbonyl (C=O) groups excluding carboxylic acids is 2.